The zero-order valence-corrected chi connectivity index (χ0v) is 13.5. The minimum absolute atomic E-state index is 0.109. The number of hydrogen-bond acceptors (Lipinski definition) is 5. The molecule has 0 atom stereocenters. The SMILES string of the molecule is CCCN(CCN(C)C)S(=O)(=O)c1ccsc1C(=O)O. The van der Waals surface area contributed by atoms with Gasteiger partial charge in [0.05, 0.1) is 0 Å². The summed E-state index contributed by atoms with van der Waals surface area (Å²) in [7, 11) is -0.0248. The highest BCUT2D eigenvalue weighted by molar-refractivity contribution is 7.89. The molecule has 0 amide bonds. The molecule has 0 aliphatic rings. The van der Waals surface area contributed by atoms with Gasteiger partial charge >= 0.3 is 5.97 Å². The fourth-order valence-electron chi connectivity index (χ4n) is 1.71. The summed E-state index contributed by atoms with van der Waals surface area (Å²) in [6, 6.07) is 1.36. The molecule has 0 aliphatic carbocycles. The Balaban J connectivity index is 3.09. The van der Waals surface area contributed by atoms with Gasteiger partial charge in [-0.15, -0.1) is 11.3 Å². The quantitative estimate of drug-likeness (QED) is 0.783. The molecule has 1 rings (SSSR count). The lowest BCUT2D eigenvalue weighted by atomic mass is 10.4. The van der Waals surface area contributed by atoms with Crippen molar-refractivity contribution in [2.75, 3.05) is 33.7 Å². The molecule has 0 radical (unpaired) electrons. The van der Waals surface area contributed by atoms with Gasteiger partial charge in [-0.2, -0.15) is 4.31 Å². The number of thiophene rings is 1. The number of aromatic carboxylic acids is 1. The lowest BCUT2D eigenvalue weighted by molar-refractivity contribution is 0.0698. The Kier molecular flexibility index (Phi) is 6.12. The maximum absolute atomic E-state index is 12.6. The summed E-state index contributed by atoms with van der Waals surface area (Å²) < 4.78 is 26.5. The second-order valence-electron chi connectivity index (χ2n) is 4.63. The molecular weight excluding hydrogens is 300 g/mol. The number of rotatable bonds is 8. The zero-order chi connectivity index (χ0) is 15.3. The first-order valence-corrected chi connectivity index (χ1v) is 8.58. The van der Waals surface area contributed by atoms with Gasteiger partial charge in [-0.05, 0) is 32.0 Å². The van der Waals surface area contributed by atoms with Crippen LogP contribution in [0.1, 0.15) is 23.0 Å². The number of sulfonamides is 1. The lowest BCUT2D eigenvalue weighted by Crippen LogP contribution is -2.37. The van der Waals surface area contributed by atoms with Gasteiger partial charge in [0.2, 0.25) is 10.0 Å². The molecule has 114 valence electrons. The van der Waals surface area contributed by atoms with Crippen LogP contribution in [0.4, 0.5) is 0 Å². The summed E-state index contributed by atoms with van der Waals surface area (Å²) in [6.07, 6.45) is 0.680. The van der Waals surface area contributed by atoms with Crippen molar-refractivity contribution in [2.24, 2.45) is 0 Å². The van der Waals surface area contributed by atoms with Crippen LogP contribution in [0, 0.1) is 0 Å². The predicted molar refractivity (Wildman–Crippen MR) is 78.9 cm³/mol. The van der Waals surface area contributed by atoms with Crippen molar-refractivity contribution in [1.82, 2.24) is 9.21 Å². The smallest absolute Gasteiger partial charge is 0.347 e. The van der Waals surface area contributed by atoms with Gasteiger partial charge in [0.15, 0.2) is 0 Å². The Bertz CT molecular complexity index is 552. The first-order chi connectivity index (χ1) is 9.30. The van der Waals surface area contributed by atoms with E-state index in [0.29, 0.717) is 26.1 Å². The van der Waals surface area contributed by atoms with Crippen molar-refractivity contribution >= 4 is 27.3 Å². The molecule has 0 bridgehead atoms. The molecule has 1 aromatic rings. The van der Waals surface area contributed by atoms with Crippen molar-refractivity contribution in [2.45, 2.75) is 18.2 Å². The molecule has 20 heavy (non-hydrogen) atoms. The van der Waals surface area contributed by atoms with E-state index in [4.69, 9.17) is 5.11 Å². The number of nitrogens with zero attached hydrogens (tertiary/aromatic N) is 2. The van der Waals surface area contributed by atoms with Crippen molar-refractivity contribution in [3.63, 3.8) is 0 Å². The number of hydrogen-bond donors (Lipinski definition) is 1. The van der Waals surface area contributed by atoms with E-state index in [9.17, 15) is 13.2 Å². The molecule has 0 aliphatic heterocycles. The standard InChI is InChI=1S/C12H20N2O4S2/c1-4-6-14(8-7-13(2)3)20(17,18)10-5-9-19-11(10)12(15)16/h5,9H,4,6-8H2,1-3H3,(H,15,16). The number of carbonyl (C=O) groups is 1. The average molecular weight is 320 g/mol. The summed E-state index contributed by atoms with van der Waals surface area (Å²) in [6.45, 7) is 3.21. The third-order valence-corrected chi connectivity index (χ3v) is 5.68. The summed E-state index contributed by atoms with van der Waals surface area (Å²) in [5.41, 5.74) is 0. The largest absolute Gasteiger partial charge is 0.477 e. The maximum atomic E-state index is 12.6. The zero-order valence-electron chi connectivity index (χ0n) is 11.9. The van der Waals surface area contributed by atoms with E-state index in [-0.39, 0.29) is 9.77 Å². The van der Waals surface area contributed by atoms with Gasteiger partial charge in [-0.3, -0.25) is 0 Å². The van der Waals surface area contributed by atoms with E-state index in [2.05, 4.69) is 0 Å². The minimum Gasteiger partial charge on any atom is -0.477 e. The highest BCUT2D eigenvalue weighted by Crippen LogP contribution is 2.25. The molecule has 0 unspecified atom stereocenters. The Morgan fingerprint density at radius 2 is 1.95 bits per heavy atom. The Morgan fingerprint density at radius 3 is 2.45 bits per heavy atom. The summed E-state index contributed by atoms with van der Waals surface area (Å²) >= 11 is 0.929. The number of carboxylic acid groups (broad SMARTS) is 1. The van der Waals surface area contributed by atoms with Crippen LogP contribution in [0.2, 0.25) is 0 Å². The van der Waals surface area contributed by atoms with Crippen molar-refractivity contribution < 1.29 is 18.3 Å². The molecule has 0 spiro atoms. The molecule has 1 N–H and O–H groups in total. The Morgan fingerprint density at radius 1 is 1.30 bits per heavy atom. The molecule has 8 heteroatoms. The molecule has 0 fully saturated rings. The summed E-state index contributed by atoms with van der Waals surface area (Å²) in [4.78, 5) is 12.8. The van der Waals surface area contributed by atoms with Gasteiger partial charge in [0, 0.05) is 19.6 Å². The molecule has 0 aromatic carbocycles. The Hall–Kier alpha value is -0.960. The molecular formula is C12H20N2O4S2. The van der Waals surface area contributed by atoms with Crippen LogP contribution in [0.5, 0.6) is 0 Å². The highest BCUT2D eigenvalue weighted by Gasteiger charge is 2.29. The fourth-order valence-corrected chi connectivity index (χ4v) is 4.47. The first kappa shape index (κ1) is 17.1. The lowest BCUT2D eigenvalue weighted by Gasteiger charge is -2.23. The van der Waals surface area contributed by atoms with E-state index >= 15 is 0 Å². The second kappa shape index (κ2) is 7.16. The van der Waals surface area contributed by atoms with Crippen molar-refractivity contribution in [3.05, 3.63) is 16.3 Å². The van der Waals surface area contributed by atoms with E-state index in [1.165, 1.54) is 15.8 Å². The summed E-state index contributed by atoms with van der Waals surface area (Å²) in [5, 5.41) is 10.6. The van der Waals surface area contributed by atoms with Crippen LogP contribution in [-0.2, 0) is 10.0 Å². The van der Waals surface area contributed by atoms with Gasteiger partial charge in [0.1, 0.15) is 9.77 Å². The van der Waals surface area contributed by atoms with Crippen LogP contribution in [0.3, 0.4) is 0 Å². The molecule has 0 saturated heterocycles. The third-order valence-electron chi connectivity index (χ3n) is 2.71. The molecule has 6 nitrogen and oxygen atoms in total. The van der Waals surface area contributed by atoms with E-state index in [0.717, 1.165) is 11.3 Å². The molecule has 1 heterocycles. The van der Waals surface area contributed by atoms with Crippen molar-refractivity contribution in [3.8, 4) is 0 Å². The summed E-state index contributed by atoms with van der Waals surface area (Å²) in [5.74, 6) is -1.21. The van der Waals surface area contributed by atoms with Crippen LogP contribution in [0.15, 0.2) is 16.3 Å². The van der Waals surface area contributed by atoms with E-state index < -0.39 is 16.0 Å². The average Bonchev–Trinajstić information content (AvgIpc) is 2.83. The number of carboxylic acids is 1. The molecule has 1 aromatic heterocycles. The van der Waals surface area contributed by atoms with E-state index in [1.54, 1.807) is 0 Å². The van der Waals surface area contributed by atoms with Crippen LogP contribution in [-0.4, -0.2) is 62.4 Å². The fraction of sp³-hybridized carbons (Fsp3) is 0.583. The van der Waals surface area contributed by atoms with Gasteiger partial charge < -0.3 is 10.0 Å². The normalized spacial score (nSPS) is 12.2. The van der Waals surface area contributed by atoms with Crippen LogP contribution in [0.25, 0.3) is 0 Å². The van der Waals surface area contributed by atoms with Crippen LogP contribution < -0.4 is 0 Å². The van der Waals surface area contributed by atoms with Gasteiger partial charge in [-0.25, -0.2) is 13.2 Å². The predicted octanol–water partition coefficient (Wildman–Crippen LogP) is 1.41. The van der Waals surface area contributed by atoms with Crippen molar-refractivity contribution in [1.29, 1.82) is 0 Å². The van der Waals surface area contributed by atoms with Crippen LogP contribution >= 0.6 is 11.3 Å². The second-order valence-corrected chi connectivity index (χ2v) is 7.45. The van der Waals surface area contributed by atoms with E-state index in [1.807, 2.05) is 25.9 Å². The minimum atomic E-state index is -3.75. The molecule has 0 saturated carbocycles. The van der Waals surface area contributed by atoms with Gasteiger partial charge in [0.25, 0.3) is 0 Å². The Labute approximate surface area is 123 Å². The third kappa shape index (κ3) is 4.02. The first-order valence-electron chi connectivity index (χ1n) is 6.26. The highest BCUT2D eigenvalue weighted by atomic mass is 32.2. The topological polar surface area (TPSA) is 77.9 Å². The maximum Gasteiger partial charge on any atom is 0.347 e. The number of likely N-dealkylation sites (N-methyl/N-ethyl adjacent to an activating group) is 1. The van der Waals surface area contributed by atoms with Gasteiger partial charge in [-0.1, -0.05) is 6.92 Å². The monoisotopic (exact) mass is 320 g/mol.